The summed E-state index contributed by atoms with van der Waals surface area (Å²) in [6.45, 7) is 6.41. The molecule has 25 heavy (non-hydrogen) atoms. The number of nitrogens with zero attached hydrogens (tertiary/aromatic N) is 4. The van der Waals surface area contributed by atoms with Crippen molar-refractivity contribution in [2.75, 3.05) is 39.3 Å². The number of amides is 1. The molecule has 3 aliphatic rings. The van der Waals surface area contributed by atoms with Gasteiger partial charge in [-0.2, -0.15) is 5.10 Å². The number of carbonyl (C=O) groups is 1. The van der Waals surface area contributed by atoms with Crippen LogP contribution in [0.3, 0.4) is 0 Å². The summed E-state index contributed by atoms with van der Waals surface area (Å²) in [6.07, 6.45) is 6.40. The third kappa shape index (κ3) is 3.72. The number of carbonyl (C=O) groups excluding carboxylic acids is 1. The minimum atomic E-state index is -0.286. The van der Waals surface area contributed by atoms with Gasteiger partial charge in [0.1, 0.15) is 6.54 Å². The van der Waals surface area contributed by atoms with Gasteiger partial charge in [0.05, 0.1) is 11.9 Å². The van der Waals surface area contributed by atoms with Crippen LogP contribution in [0.1, 0.15) is 31.4 Å². The van der Waals surface area contributed by atoms with E-state index in [1.807, 2.05) is 4.90 Å². The zero-order valence-corrected chi connectivity index (χ0v) is 14.8. The maximum absolute atomic E-state index is 13.8. The van der Waals surface area contributed by atoms with Gasteiger partial charge in [0, 0.05) is 38.6 Å². The van der Waals surface area contributed by atoms with Gasteiger partial charge in [0.2, 0.25) is 5.91 Å². The van der Waals surface area contributed by atoms with Crippen molar-refractivity contribution in [3.63, 3.8) is 0 Å². The molecule has 1 aromatic heterocycles. The Morgan fingerprint density at radius 3 is 2.68 bits per heavy atom. The minimum absolute atomic E-state index is 0.0821. The van der Waals surface area contributed by atoms with Crippen molar-refractivity contribution in [2.45, 2.75) is 44.7 Å². The smallest absolute Gasteiger partial charge is 0.244 e. The fourth-order valence-electron chi connectivity index (χ4n) is 4.57. The predicted molar refractivity (Wildman–Crippen MR) is 92.7 cm³/mol. The number of aromatic nitrogens is 2. The Labute approximate surface area is 148 Å². The van der Waals surface area contributed by atoms with Crippen LogP contribution in [0.5, 0.6) is 0 Å². The molecular weight excluding hydrogens is 321 g/mol. The molecule has 0 unspecified atom stereocenters. The summed E-state index contributed by atoms with van der Waals surface area (Å²) in [5, 5.41) is 7.43. The first kappa shape index (κ1) is 17.0. The first-order valence-electron chi connectivity index (χ1n) is 9.63. The lowest BCUT2D eigenvalue weighted by atomic mass is 9.95. The number of hydrogen-bond acceptors (Lipinski definition) is 4. The van der Waals surface area contributed by atoms with E-state index in [-0.39, 0.29) is 18.3 Å². The lowest BCUT2D eigenvalue weighted by Crippen LogP contribution is -2.49. The standard InChI is InChI=1S/C18H28FN5O/c19-16-11-21-24-13-18(25)23(10-5-17(16)24)15-3-8-22(9-4-15)12-14-1-6-20-7-2-14/h11,14-15,20H,1-10,12-13H2. The molecule has 0 bridgehead atoms. The van der Waals surface area contributed by atoms with Crippen LogP contribution >= 0.6 is 0 Å². The molecule has 3 aliphatic heterocycles. The number of halogens is 1. The highest BCUT2D eigenvalue weighted by Crippen LogP contribution is 2.23. The van der Waals surface area contributed by atoms with Gasteiger partial charge in [-0.25, -0.2) is 4.39 Å². The summed E-state index contributed by atoms with van der Waals surface area (Å²) in [7, 11) is 0. The highest BCUT2D eigenvalue weighted by Gasteiger charge is 2.31. The second-order valence-electron chi connectivity index (χ2n) is 7.66. The quantitative estimate of drug-likeness (QED) is 0.880. The molecule has 0 aliphatic carbocycles. The van der Waals surface area contributed by atoms with Crippen molar-refractivity contribution in [3.05, 3.63) is 17.7 Å². The summed E-state index contributed by atoms with van der Waals surface area (Å²) in [5.74, 6) is 0.614. The topological polar surface area (TPSA) is 53.4 Å². The van der Waals surface area contributed by atoms with Crippen molar-refractivity contribution in [3.8, 4) is 0 Å². The Morgan fingerprint density at radius 2 is 1.92 bits per heavy atom. The lowest BCUT2D eigenvalue weighted by Gasteiger charge is -2.39. The van der Waals surface area contributed by atoms with Crippen LogP contribution in [-0.4, -0.2) is 70.8 Å². The molecule has 4 heterocycles. The SMILES string of the molecule is O=C1Cn2ncc(F)c2CCN1C1CCN(CC2CCNCC2)CC1. The summed E-state index contributed by atoms with van der Waals surface area (Å²) in [6, 6.07) is 0.296. The number of likely N-dealkylation sites (tertiary alicyclic amines) is 1. The van der Waals surface area contributed by atoms with E-state index in [1.54, 1.807) is 0 Å². The van der Waals surface area contributed by atoms with Crippen LogP contribution in [-0.2, 0) is 17.8 Å². The summed E-state index contributed by atoms with van der Waals surface area (Å²) in [5.41, 5.74) is 0.569. The highest BCUT2D eigenvalue weighted by molar-refractivity contribution is 5.76. The van der Waals surface area contributed by atoms with Gasteiger partial charge < -0.3 is 15.1 Å². The van der Waals surface area contributed by atoms with Crippen molar-refractivity contribution in [2.24, 2.45) is 5.92 Å². The van der Waals surface area contributed by atoms with Crippen molar-refractivity contribution in [1.82, 2.24) is 24.9 Å². The molecule has 0 aromatic carbocycles. The Hall–Kier alpha value is -1.47. The normalized spacial score (nSPS) is 24.4. The maximum atomic E-state index is 13.8. The number of piperidine rings is 2. The maximum Gasteiger partial charge on any atom is 0.244 e. The third-order valence-electron chi connectivity index (χ3n) is 6.07. The molecule has 4 rings (SSSR count). The average molecular weight is 349 g/mol. The van der Waals surface area contributed by atoms with Crippen molar-refractivity contribution >= 4 is 5.91 Å². The van der Waals surface area contributed by atoms with Gasteiger partial charge in [-0.3, -0.25) is 9.48 Å². The molecule has 2 fully saturated rings. The van der Waals surface area contributed by atoms with E-state index in [1.165, 1.54) is 30.3 Å². The molecule has 6 nitrogen and oxygen atoms in total. The number of rotatable bonds is 3. The monoisotopic (exact) mass is 349 g/mol. The average Bonchev–Trinajstić information content (AvgIpc) is 2.87. The summed E-state index contributed by atoms with van der Waals surface area (Å²) < 4.78 is 15.3. The summed E-state index contributed by atoms with van der Waals surface area (Å²) >= 11 is 0. The van der Waals surface area contributed by atoms with E-state index in [9.17, 15) is 9.18 Å². The highest BCUT2D eigenvalue weighted by atomic mass is 19.1. The second-order valence-corrected chi connectivity index (χ2v) is 7.66. The van der Waals surface area contributed by atoms with Crippen LogP contribution in [0.4, 0.5) is 4.39 Å². The fourth-order valence-corrected chi connectivity index (χ4v) is 4.57. The third-order valence-corrected chi connectivity index (χ3v) is 6.07. The largest absolute Gasteiger partial charge is 0.338 e. The van der Waals surface area contributed by atoms with Crippen molar-refractivity contribution < 1.29 is 9.18 Å². The first-order valence-corrected chi connectivity index (χ1v) is 9.63. The van der Waals surface area contributed by atoms with Crippen LogP contribution in [0.25, 0.3) is 0 Å². The van der Waals surface area contributed by atoms with Gasteiger partial charge in [0.15, 0.2) is 5.82 Å². The molecule has 2 saturated heterocycles. The van der Waals surface area contributed by atoms with E-state index < -0.39 is 0 Å². The van der Waals surface area contributed by atoms with Crippen LogP contribution in [0, 0.1) is 11.7 Å². The van der Waals surface area contributed by atoms with E-state index in [0.717, 1.165) is 44.9 Å². The van der Waals surface area contributed by atoms with Gasteiger partial charge in [-0.15, -0.1) is 0 Å². The molecule has 7 heteroatoms. The van der Waals surface area contributed by atoms with Gasteiger partial charge in [0.25, 0.3) is 0 Å². The minimum Gasteiger partial charge on any atom is -0.338 e. The molecule has 138 valence electrons. The molecule has 0 radical (unpaired) electrons. The van der Waals surface area contributed by atoms with Gasteiger partial charge in [-0.1, -0.05) is 0 Å². The molecular formula is C18H28FN5O. The Morgan fingerprint density at radius 1 is 1.16 bits per heavy atom. The van der Waals surface area contributed by atoms with Gasteiger partial charge >= 0.3 is 0 Å². The van der Waals surface area contributed by atoms with E-state index in [4.69, 9.17) is 0 Å². The molecule has 0 spiro atoms. The summed E-state index contributed by atoms with van der Waals surface area (Å²) in [4.78, 5) is 17.2. The van der Waals surface area contributed by atoms with Gasteiger partial charge in [-0.05, 0) is 44.7 Å². The molecule has 0 saturated carbocycles. The van der Waals surface area contributed by atoms with E-state index in [2.05, 4.69) is 15.3 Å². The Kier molecular flexibility index (Phi) is 5.03. The second kappa shape index (κ2) is 7.41. The molecule has 1 amide bonds. The van der Waals surface area contributed by atoms with Crippen LogP contribution in [0.2, 0.25) is 0 Å². The lowest BCUT2D eigenvalue weighted by molar-refractivity contribution is -0.134. The Balaban J connectivity index is 1.31. The molecule has 0 atom stereocenters. The molecule has 1 aromatic rings. The first-order chi connectivity index (χ1) is 12.2. The van der Waals surface area contributed by atoms with Crippen LogP contribution < -0.4 is 5.32 Å². The number of hydrogen-bond donors (Lipinski definition) is 1. The van der Waals surface area contributed by atoms with Crippen molar-refractivity contribution in [1.29, 1.82) is 0 Å². The molecule has 1 N–H and O–H groups in total. The predicted octanol–water partition coefficient (Wildman–Crippen LogP) is 0.871. The fraction of sp³-hybridized carbons (Fsp3) is 0.778. The number of nitrogens with one attached hydrogen (secondary N) is 1. The number of fused-ring (bicyclic) bond motifs is 1. The van der Waals surface area contributed by atoms with Crippen LogP contribution in [0.15, 0.2) is 6.20 Å². The Bertz CT molecular complexity index is 605. The van der Waals surface area contributed by atoms with E-state index >= 15 is 0 Å². The zero-order valence-electron chi connectivity index (χ0n) is 14.8. The zero-order chi connectivity index (χ0) is 17.2. The van der Waals surface area contributed by atoms with E-state index in [0.29, 0.717) is 24.7 Å².